The van der Waals surface area contributed by atoms with Crippen molar-refractivity contribution in [1.82, 2.24) is 0 Å². The molecule has 0 heterocycles. The molecular formula is C12H13F3O. The topological polar surface area (TPSA) is 20.2 Å². The van der Waals surface area contributed by atoms with E-state index in [9.17, 15) is 18.3 Å². The van der Waals surface area contributed by atoms with Gasteiger partial charge in [-0.2, -0.15) is 13.2 Å². The summed E-state index contributed by atoms with van der Waals surface area (Å²) in [6.45, 7) is 4.88. The summed E-state index contributed by atoms with van der Waals surface area (Å²) in [7, 11) is 0. The Balaban J connectivity index is 3.21. The molecule has 0 saturated heterocycles. The van der Waals surface area contributed by atoms with E-state index >= 15 is 0 Å². The highest BCUT2D eigenvalue weighted by molar-refractivity contribution is 5.26. The van der Waals surface area contributed by atoms with Crippen LogP contribution in [0.3, 0.4) is 0 Å². The van der Waals surface area contributed by atoms with Gasteiger partial charge < -0.3 is 5.11 Å². The van der Waals surface area contributed by atoms with E-state index in [4.69, 9.17) is 0 Å². The van der Waals surface area contributed by atoms with E-state index in [1.807, 2.05) is 0 Å². The van der Waals surface area contributed by atoms with Crippen LogP contribution in [0.15, 0.2) is 42.5 Å². The van der Waals surface area contributed by atoms with Crippen LogP contribution >= 0.6 is 0 Å². The van der Waals surface area contributed by atoms with Gasteiger partial charge in [0.2, 0.25) is 0 Å². The van der Waals surface area contributed by atoms with Gasteiger partial charge in [0.1, 0.15) is 0 Å². The van der Waals surface area contributed by atoms with Crippen molar-refractivity contribution in [3.05, 3.63) is 48.0 Å². The second-order valence-corrected chi connectivity index (χ2v) is 3.86. The predicted octanol–water partition coefficient (Wildman–Crippen LogP) is 3.40. The van der Waals surface area contributed by atoms with E-state index < -0.39 is 18.2 Å². The number of hydrogen-bond acceptors (Lipinski definition) is 1. The number of halogens is 3. The van der Waals surface area contributed by atoms with Crippen molar-refractivity contribution in [3.63, 3.8) is 0 Å². The van der Waals surface area contributed by atoms with Crippen LogP contribution in [0.5, 0.6) is 0 Å². The van der Waals surface area contributed by atoms with Crippen molar-refractivity contribution in [1.29, 1.82) is 0 Å². The van der Waals surface area contributed by atoms with Gasteiger partial charge in [-0.3, -0.25) is 0 Å². The minimum absolute atomic E-state index is 0.162. The van der Waals surface area contributed by atoms with Crippen molar-refractivity contribution < 1.29 is 18.3 Å². The SMILES string of the molecule is C=C(C)C[C@](O)(c1ccccc1)C(F)(F)F. The summed E-state index contributed by atoms with van der Waals surface area (Å²) in [5.41, 5.74) is -2.73. The van der Waals surface area contributed by atoms with E-state index in [-0.39, 0.29) is 11.1 Å². The van der Waals surface area contributed by atoms with E-state index in [0.29, 0.717) is 0 Å². The maximum absolute atomic E-state index is 12.9. The zero-order chi connectivity index (χ0) is 12.4. The lowest BCUT2D eigenvalue weighted by Gasteiger charge is -2.31. The molecule has 0 fully saturated rings. The highest BCUT2D eigenvalue weighted by Crippen LogP contribution is 2.42. The quantitative estimate of drug-likeness (QED) is 0.789. The van der Waals surface area contributed by atoms with Gasteiger partial charge in [-0.25, -0.2) is 0 Å². The van der Waals surface area contributed by atoms with Crippen LogP contribution in [0.1, 0.15) is 18.9 Å². The van der Waals surface area contributed by atoms with Crippen molar-refractivity contribution in [2.45, 2.75) is 25.1 Å². The molecule has 0 radical (unpaired) electrons. The molecule has 16 heavy (non-hydrogen) atoms. The molecule has 1 N–H and O–H groups in total. The minimum Gasteiger partial charge on any atom is -0.376 e. The van der Waals surface area contributed by atoms with Crippen LogP contribution in [-0.2, 0) is 5.60 Å². The van der Waals surface area contributed by atoms with Crippen LogP contribution in [0.4, 0.5) is 13.2 Å². The maximum Gasteiger partial charge on any atom is 0.421 e. The summed E-state index contributed by atoms with van der Waals surface area (Å²) in [4.78, 5) is 0. The van der Waals surface area contributed by atoms with Gasteiger partial charge in [0.25, 0.3) is 0 Å². The third-order valence-corrected chi connectivity index (χ3v) is 2.28. The predicted molar refractivity (Wildman–Crippen MR) is 55.8 cm³/mol. The molecule has 1 aromatic carbocycles. The van der Waals surface area contributed by atoms with Gasteiger partial charge in [-0.05, 0) is 12.5 Å². The van der Waals surface area contributed by atoms with Gasteiger partial charge in [0, 0.05) is 6.42 Å². The molecule has 0 saturated carbocycles. The Morgan fingerprint density at radius 1 is 1.25 bits per heavy atom. The van der Waals surface area contributed by atoms with Crippen LogP contribution in [0, 0.1) is 0 Å². The highest BCUT2D eigenvalue weighted by atomic mass is 19.4. The van der Waals surface area contributed by atoms with E-state index in [1.165, 1.54) is 31.2 Å². The second-order valence-electron chi connectivity index (χ2n) is 3.86. The zero-order valence-corrected chi connectivity index (χ0v) is 8.88. The average molecular weight is 230 g/mol. The average Bonchev–Trinajstić information content (AvgIpc) is 2.16. The lowest BCUT2D eigenvalue weighted by atomic mass is 9.87. The molecule has 88 valence electrons. The Bertz CT molecular complexity index is 370. The van der Waals surface area contributed by atoms with Gasteiger partial charge >= 0.3 is 6.18 Å². The first-order chi connectivity index (χ1) is 7.27. The fourth-order valence-corrected chi connectivity index (χ4v) is 1.52. The van der Waals surface area contributed by atoms with Gasteiger partial charge in [-0.1, -0.05) is 35.9 Å². The Hall–Kier alpha value is -1.29. The summed E-state index contributed by atoms with van der Waals surface area (Å²) in [6.07, 6.45) is -5.24. The summed E-state index contributed by atoms with van der Waals surface area (Å²) in [6, 6.07) is 7.04. The Morgan fingerprint density at radius 3 is 2.12 bits per heavy atom. The summed E-state index contributed by atoms with van der Waals surface area (Å²) < 4.78 is 38.6. The van der Waals surface area contributed by atoms with Crippen LogP contribution in [-0.4, -0.2) is 11.3 Å². The maximum atomic E-state index is 12.9. The first-order valence-corrected chi connectivity index (χ1v) is 4.76. The number of aliphatic hydroxyl groups is 1. The monoisotopic (exact) mass is 230 g/mol. The number of alkyl halides is 3. The van der Waals surface area contributed by atoms with Crippen LogP contribution in [0.2, 0.25) is 0 Å². The van der Waals surface area contributed by atoms with Gasteiger partial charge in [0.15, 0.2) is 5.60 Å². The molecule has 0 spiro atoms. The largest absolute Gasteiger partial charge is 0.421 e. The Morgan fingerprint density at radius 2 is 1.75 bits per heavy atom. The number of benzene rings is 1. The van der Waals surface area contributed by atoms with E-state index in [0.717, 1.165) is 0 Å². The molecule has 0 aromatic heterocycles. The van der Waals surface area contributed by atoms with Crippen LogP contribution in [0.25, 0.3) is 0 Å². The zero-order valence-electron chi connectivity index (χ0n) is 8.88. The first kappa shape index (κ1) is 12.8. The Labute approximate surface area is 92.2 Å². The summed E-state index contributed by atoms with van der Waals surface area (Å²) in [5.74, 6) is 0. The molecule has 0 aliphatic heterocycles. The molecule has 1 rings (SSSR count). The van der Waals surface area contributed by atoms with Gasteiger partial charge in [-0.15, -0.1) is 6.58 Å². The molecule has 0 aliphatic rings. The van der Waals surface area contributed by atoms with Crippen molar-refractivity contribution in [3.8, 4) is 0 Å². The molecular weight excluding hydrogens is 217 g/mol. The van der Waals surface area contributed by atoms with E-state index in [1.54, 1.807) is 6.07 Å². The molecule has 0 aliphatic carbocycles. The van der Waals surface area contributed by atoms with Crippen LogP contribution < -0.4 is 0 Å². The fourth-order valence-electron chi connectivity index (χ4n) is 1.52. The molecule has 1 aromatic rings. The summed E-state index contributed by atoms with van der Waals surface area (Å²) >= 11 is 0. The summed E-state index contributed by atoms with van der Waals surface area (Å²) in [5, 5.41) is 9.80. The molecule has 1 nitrogen and oxygen atoms in total. The lowest BCUT2D eigenvalue weighted by Crippen LogP contribution is -2.42. The lowest BCUT2D eigenvalue weighted by molar-refractivity contribution is -0.266. The van der Waals surface area contributed by atoms with E-state index in [2.05, 4.69) is 6.58 Å². The second kappa shape index (κ2) is 4.29. The molecule has 1 atom stereocenters. The van der Waals surface area contributed by atoms with Crippen molar-refractivity contribution in [2.24, 2.45) is 0 Å². The van der Waals surface area contributed by atoms with Crippen molar-refractivity contribution >= 4 is 0 Å². The molecule has 4 heteroatoms. The smallest absolute Gasteiger partial charge is 0.376 e. The standard InChI is InChI=1S/C12H13F3O/c1-9(2)8-11(16,12(13,14)15)10-6-4-3-5-7-10/h3-7,16H,1,8H2,2H3/t11-/m0/s1. The number of hydrogen-bond donors (Lipinski definition) is 1. The normalized spacial score (nSPS) is 15.6. The molecule has 0 unspecified atom stereocenters. The third-order valence-electron chi connectivity index (χ3n) is 2.28. The highest BCUT2D eigenvalue weighted by Gasteiger charge is 2.54. The minimum atomic E-state index is -4.71. The fraction of sp³-hybridized carbons (Fsp3) is 0.333. The first-order valence-electron chi connectivity index (χ1n) is 4.76. The molecule has 0 amide bonds. The molecule has 0 bridgehead atoms. The Kier molecular flexibility index (Phi) is 3.43. The van der Waals surface area contributed by atoms with Crippen molar-refractivity contribution in [2.75, 3.05) is 0 Å². The third kappa shape index (κ3) is 2.44. The number of rotatable bonds is 3. The van der Waals surface area contributed by atoms with Gasteiger partial charge in [0.05, 0.1) is 0 Å².